The van der Waals surface area contributed by atoms with E-state index in [1.807, 2.05) is 0 Å². The highest BCUT2D eigenvalue weighted by Gasteiger charge is 2.53. The summed E-state index contributed by atoms with van der Waals surface area (Å²) in [4.78, 5) is 12.5. The highest BCUT2D eigenvalue weighted by Crippen LogP contribution is 2.36. The number of nitrogens with one attached hydrogen (secondary N) is 1. The molecule has 1 aliphatic rings. The van der Waals surface area contributed by atoms with Crippen LogP contribution in [-0.4, -0.2) is 51.5 Å². The summed E-state index contributed by atoms with van der Waals surface area (Å²) in [6.45, 7) is 3.59. The lowest BCUT2D eigenvalue weighted by molar-refractivity contribution is -0.131. The van der Waals surface area contributed by atoms with E-state index in [1.54, 1.807) is 13.8 Å². The quantitative estimate of drug-likeness (QED) is 0.863. The highest BCUT2D eigenvalue weighted by molar-refractivity contribution is 7.89. The van der Waals surface area contributed by atoms with Crippen molar-refractivity contribution in [1.29, 1.82) is 0 Å². The van der Waals surface area contributed by atoms with Crippen LogP contribution in [0.15, 0.2) is 15.4 Å². The minimum Gasteiger partial charge on any atom is -0.465 e. The fourth-order valence-electron chi connectivity index (χ4n) is 3.09. The predicted octanol–water partition coefficient (Wildman–Crippen LogP) is 0.812. The van der Waals surface area contributed by atoms with Gasteiger partial charge in [-0.15, -0.1) is 0 Å². The van der Waals surface area contributed by atoms with Crippen molar-refractivity contribution < 1.29 is 22.4 Å². The first-order chi connectivity index (χ1) is 10.3. The number of amides is 1. The zero-order valence-electron chi connectivity index (χ0n) is 13.3. The van der Waals surface area contributed by atoms with Gasteiger partial charge >= 0.3 is 0 Å². The highest BCUT2D eigenvalue weighted by atomic mass is 32.2. The van der Waals surface area contributed by atoms with Gasteiger partial charge in [0.05, 0.1) is 6.61 Å². The molecule has 22 heavy (non-hydrogen) atoms. The van der Waals surface area contributed by atoms with E-state index in [-0.39, 0.29) is 24.0 Å². The summed E-state index contributed by atoms with van der Waals surface area (Å²) in [5.74, 6) is 0.494. The molecule has 0 bridgehead atoms. The largest absolute Gasteiger partial charge is 0.465 e. The van der Waals surface area contributed by atoms with E-state index in [9.17, 15) is 13.2 Å². The van der Waals surface area contributed by atoms with Gasteiger partial charge in [-0.25, -0.2) is 8.42 Å². The van der Waals surface area contributed by atoms with Gasteiger partial charge in [-0.3, -0.25) is 4.79 Å². The minimum absolute atomic E-state index is 0.0157. The number of likely N-dealkylation sites (N-methyl/N-ethyl adjacent to an activating group) is 1. The Balaban J connectivity index is 2.53. The number of furan rings is 1. The van der Waals surface area contributed by atoms with E-state index in [1.165, 1.54) is 24.5 Å². The van der Waals surface area contributed by atoms with Gasteiger partial charge < -0.3 is 14.5 Å². The van der Waals surface area contributed by atoms with Crippen LogP contribution in [0.5, 0.6) is 0 Å². The number of sulfonamides is 1. The Morgan fingerprint density at radius 2 is 2.18 bits per heavy atom. The molecule has 1 aromatic heterocycles. The molecule has 1 amide bonds. The average Bonchev–Trinajstić information content (AvgIpc) is 3.03. The third-order valence-electron chi connectivity index (χ3n) is 4.03. The summed E-state index contributed by atoms with van der Waals surface area (Å²) in [5.41, 5.74) is -1.21. The van der Waals surface area contributed by atoms with Crippen LogP contribution in [0.3, 0.4) is 0 Å². The molecular formula is C14H22N2O5S. The number of methoxy groups -OCH3 is 1. The van der Waals surface area contributed by atoms with E-state index in [0.29, 0.717) is 24.4 Å². The van der Waals surface area contributed by atoms with Crippen LogP contribution in [0.2, 0.25) is 0 Å². The van der Waals surface area contributed by atoms with Crippen LogP contribution < -0.4 is 5.32 Å². The van der Waals surface area contributed by atoms with E-state index >= 15 is 0 Å². The van der Waals surface area contributed by atoms with Crippen molar-refractivity contribution in [3.8, 4) is 0 Å². The Labute approximate surface area is 130 Å². The maximum atomic E-state index is 13.0. The SMILES string of the molecule is CNC(=O)C1(COC)CCCN1S(=O)(=O)c1cc(C)oc1C. The number of ether oxygens (including phenoxy) is 1. The van der Waals surface area contributed by atoms with Crippen LogP contribution in [0.1, 0.15) is 24.4 Å². The number of hydrogen-bond donors (Lipinski definition) is 1. The second kappa shape index (κ2) is 6.02. The molecule has 8 heteroatoms. The first-order valence-corrected chi connectivity index (χ1v) is 8.54. The van der Waals surface area contributed by atoms with Crippen molar-refractivity contribution in [1.82, 2.24) is 9.62 Å². The Bertz CT molecular complexity index is 667. The summed E-state index contributed by atoms with van der Waals surface area (Å²) in [6.07, 6.45) is 1.03. The van der Waals surface area contributed by atoms with Gasteiger partial charge in [0, 0.05) is 20.7 Å². The average molecular weight is 330 g/mol. The number of carbonyl (C=O) groups excluding carboxylic acids is 1. The summed E-state index contributed by atoms with van der Waals surface area (Å²) in [6, 6.07) is 1.49. The summed E-state index contributed by atoms with van der Waals surface area (Å²) < 4.78 is 37.8. The zero-order valence-corrected chi connectivity index (χ0v) is 14.1. The molecule has 0 spiro atoms. The third-order valence-corrected chi connectivity index (χ3v) is 6.10. The van der Waals surface area contributed by atoms with Crippen LogP contribution in [0, 0.1) is 13.8 Å². The lowest BCUT2D eigenvalue weighted by atomic mass is 9.97. The molecule has 2 rings (SSSR count). The zero-order chi connectivity index (χ0) is 16.5. The van der Waals surface area contributed by atoms with Crippen molar-refractivity contribution >= 4 is 15.9 Å². The molecule has 1 unspecified atom stereocenters. The molecule has 0 aromatic carbocycles. The van der Waals surface area contributed by atoms with Gasteiger partial charge in [0.15, 0.2) is 0 Å². The standard InChI is InChI=1S/C14H22N2O5S/c1-10-8-12(11(2)21-10)22(18,19)16-7-5-6-14(16,9-20-4)13(17)15-3/h8H,5-7,9H2,1-4H3,(H,15,17). The molecule has 0 aliphatic carbocycles. The molecule has 1 aliphatic heterocycles. The molecule has 0 saturated carbocycles. The third kappa shape index (κ3) is 2.55. The van der Waals surface area contributed by atoms with Gasteiger partial charge in [0.2, 0.25) is 15.9 Å². The summed E-state index contributed by atoms with van der Waals surface area (Å²) in [5, 5.41) is 2.56. The maximum absolute atomic E-state index is 13.0. The van der Waals surface area contributed by atoms with Crippen LogP contribution in [-0.2, 0) is 19.6 Å². The Hall–Kier alpha value is -1.38. The second-order valence-corrected chi connectivity index (χ2v) is 7.33. The topological polar surface area (TPSA) is 88.9 Å². The van der Waals surface area contributed by atoms with Crippen LogP contribution in [0.4, 0.5) is 0 Å². The van der Waals surface area contributed by atoms with E-state index in [4.69, 9.17) is 9.15 Å². The maximum Gasteiger partial charge on any atom is 0.247 e. The van der Waals surface area contributed by atoms with E-state index < -0.39 is 15.6 Å². The molecule has 2 heterocycles. The Morgan fingerprint density at radius 3 is 2.68 bits per heavy atom. The normalized spacial score (nSPS) is 22.9. The van der Waals surface area contributed by atoms with Gasteiger partial charge in [-0.2, -0.15) is 4.31 Å². The molecule has 7 nitrogen and oxygen atoms in total. The van der Waals surface area contributed by atoms with Gasteiger partial charge in [0.1, 0.15) is 22.0 Å². The number of aryl methyl sites for hydroxylation is 2. The Morgan fingerprint density at radius 1 is 1.50 bits per heavy atom. The van der Waals surface area contributed by atoms with Crippen LogP contribution in [0.25, 0.3) is 0 Å². The number of nitrogens with zero attached hydrogens (tertiary/aromatic N) is 1. The molecule has 0 radical (unpaired) electrons. The minimum atomic E-state index is -3.83. The van der Waals surface area contributed by atoms with Gasteiger partial charge in [-0.1, -0.05) is 0 Å². The molecule has 1 atom stereocenters. The number of carbonyl (C=O) groups is 1. The van der Waals surface area contributed by atoms with E-state index in [2.05, 4.69) is 5.32 Å². The van der Waals surface area contributed by atoms with E-state index in [0.717, 1.165) is 0 Å². The fraction of sp³-hybridized carbons (Fsp3) is 0.643. The monoisotopic (exact) mass is 330 g/mol. The van der Waals surface area contributed by atoms with Gasteiger partial charge in [0.25, 0.3) is 0 Å². The first kappa shape index (κ1) is 17.0. The second-order valence-electron chi connectivity index (χ2n) is 5.50. The number of hydrogen-bond acceptors (Lipinski definition) is 5. The molecule has 1 N–H and O–H groups in total. The van der Waals surface area contributed by atoms with Crippen molar-refractivity contribution in [2.24, 2.45) is 0 Å². The Kier molecular flexibility index (Phi) is 4.65. The lowest BCUT2D eigenvalue weighted by Crippen LogP contribution is -2.59. The van der Waals surface area contributed by atoms with Crippen molar-refractivity contribution in [2.45, 2.75) is 37.1 Å². The molecule has 124 valence electrons. The van der Waals surface area contributed by atoms with Crippen molar-refractivity contribution in [3.05, 3.63) is 17.6 Å². The molecule has 1 fully saturated rings. The van der Waals surface area contributed by atoms with Crippen molar-refractivity contribution in [3.63, 3.8) is 0 Å². The predicted molar refractivity (Wildman–Crippen MR) is 80.0 cm³/mol. The smallest absolute Gasteiger partial charge is 0.247 e. The molecular weight excluding hydrogens is 308 g/mol. The van der Waals surface area contributed by atoms with Crippen molar-refractivity contribution in [2.75, 3.05) is 27.3 Å². The summed E-state index contributed by atoms with van der Waals surface area (Å²) in [7, 11) is -0.879. The summed E-state index contributed by atoms with van der Waals surface area (Å²) >= 11 is 0. The fourth-order valence-corrected chi connectivity index (χ4v) is 5.11. The first-order valence-electron chi connectivity index (χ1n) is 7.10. The lowest BCUT2D eigenvalue weighted by Gasteiger charge is -2.35. The van der Waals surface area contributed by atoms with Crippen LogP contribution >= 0.6 is 0 Å². The number of rotatable bonds is 5. The molecule has 1 aromatic rings. The molecule has 1 saturated heterocycles. The van der Waals surface area contributed by atoms with Gasteiger partial charge in [-0.05, 0) is 32.8 Å².